The lowest BCUT2D eigenvalue weighted by Crippen LogP contribution is -2.39. The molecule has 1 rings (SSSR count). The van der Waals surface area contributed by atoms with Gasteiger partial charge in [0.25, 0.3) is 0 Å². The smallest absolute Gasteiger partial charge is 0.309 e. The van der Waals surface area contributed by atoms with Crippen molar-refractivity contribution >= 4 is 5.97 Å². The van der Waals surface area contributed by atoms with Crippen LogP contribution in [0.1, 0.15) is 27.2 Å². The van der Waals surface area contributed by atoms with Crippen molar-refractivity contribution in [1.82, 2.24) is 5.32 Å². The molecule has 0 aromatic carbocycles. The van der Waals surface area contributed by atoms with Gasteiger partial charge in [0.05, 0.1) is 18.6 Å². The van der Waals surface area contributed by atoms with Crippen LogP contribution >= 0.6 is 0 Å². The van der Waals surface area contributed by atoms with Crippen LogP contribution in [0.2, 0.25) is 0 Å². The summed E-state index contributed by atoms with van der Waals surface area (Å²) in [5.41, 5.74) is 0. The molecule has 88 valence electrons. The minimum Gasteiger partial charge on any atom is -0.466 e. The van der Waals surface area contributed by atoms with Crippen LogP contribution in [-0.2, 0) is 14.3 Å². The number of nitrogens with one attached hydrogen (secondary N) is 1. The van der Waals surface area contributed by atoms with E-state index in [1.807, 2.05) is 13.8 Å². The fourth-order valence-electron chi connectivity index (χ4n) is 1.70. The zero-order valence-corrected chi connectivity index (χ0v) is 9.79. The monoisotopic (exact) mass is 215 g/mol. The van der Waals surface area contributed by atoms with Gasteiger partial charge >= 0.3 is 5.97 Å². The van der Waals surface area contributed by atoms with E-state index in [0.717, 1.165) is 13.0 Å². The number of carbonyl (C=O) groups is 1. The Morgan fingerprint density at radius 1 is 1.67 bits per heavy atom. The Morgan fingerprint density at radius 3 is 2.93 bits per heavy atom. The number of carbonyl (C=O) groups excluding carboxylic acids is 1. The maximum absolute atomic E-state index is 11.3. The molecule has 1 heterocycles. The first kappa shape index (κ1) is 12.5. The summed E-state index contributed by atoms with van der Waals surface area (Å²) in [4.78, 5) is 11.3. The molecule has 1 N–H and O–H groups in total. The van der Waals surface area contributed by atoms with Crippen molar-refractivity contribution in [3.63, 3.8) is 0 Å². The van der Waals surface area contributed by atoms with E-state index in [9.17, 15) is 4.79 Å². The van der Waals surface area contributed by atoms with Gasteiger partial charge in [0, 0.05) is 19.2 Å². The third-order valence-electron chi connectivity index (χ3n) is 2.75. The molecule has 3 atom stereocenters. The van der Waals surface area contributed by atoms with Crippen molar-refractivity contribution < 1.29 is 14.3 Å². The van der Waals surface area contributed by atoms with Gasteiger partial charge < -0.3 is 14.8 Å². The normalized spacial score (nSPS) is 27.7. The van der Waals surface area contributed by atoms with Gasteiger partial charge in [-0.25, -0.2) is 0 Å². The number of ether oxygens (including phenoxy) is 2. The van der Waals surface area contributed by atoms with E-state index in [1.54, 1.807) is 0 Å². The standard InChI is InChI=1S/C11H21NO3/c1-4-14-11(13)8(2)7-12-10-5-6-15-9(10)3/h8-10,12H,4-7H2,1-3H3. The van der Waals surface area contributed by atoms with E-state index in [1.165, 1.54) is 0 Å². The third-order valence-corrected chi connectivity index (χ3v) is 2.75. The zero-order chi connectivity index (χ0) is 11.3. The van der Waals surface area contributed by atoms with E-state index in [0.29, 0.717) is 19.2 Å². The number of hydrogen-bond acceptors (Lipinski definition) is 4. The molecule has 1 aliphatic rings. The van der Waals surface area contributed by atoms with E-state index < -0.39 is 0 Å². The molecule has 1 fully saturated rings. The Kier molecular flexibility index (Phi) is 5.05. The molecular formula is C11H21NO3. The third kappa shape index (κ3) is 3.80. The largest absolute Gasteiger partial charge is 0.466 e. The van der Waals surface area contributed by atoms with Gasteiger partial charge in [-0.15, -0.1) is 0 Å². The Bertz CT molecular complexity index is 208. The summed E-state index contributed by atoms with van der Waals surface area (Å²) in [7, 11) is 0. The average molecular weight is 215 g/mol. The van der Waals surface area contributed by atoms with Gasteiger partial charge in [0.1, 0.15) is 0 Å². The second-order valence-electron chi connectivity index (χ2n) is 4.03. The highest BCUT2D eigenvalue weighted by molar-refractivity contribution is 5.72. The van der Waals surface area contributed by atoms with Crippen molar-refractivity contribution in [3.8, 4) is 0 Å². The van der Waals surface area contributed by atoms with Crippen LogP contribution in [-0.4, -0.2) is 37.9 Å². The zero-order valence-electron chi connectivity index (χ0n) is 9.79. The summed E-state index contributed by atoms with van der Waals surface area (Å²) < 4.78 is 10.4. The summed E-state index contributed by atoms with van der Waals surface area (Å²) in [5, 5.41) is 3.34. The molecule has 0 saturated carbocycles. The second-order valence-corrected chi connectivity index (χ2v) is 4.03. The van der Waals surface area contributed by atoms with Gasteiger partial charge in [-0.1, -0.05) is 6.92 Å². The molecule has 0 radical (unpaired) electrons. The minimum absolute atomic E-state index is 0.0854. The van der Waals surface area contributed by atoms with Gasteiger partial charge in [-0.2, -0.15) is 0 Å². The first-order valence-electron chi connectivity index (χ1n) is 5.66. The average Bonchev–Trinajstić information content (AvgIpc) is 2.61. The molecule has 4 nitrogen and oxygen atoms in total. The van der Waals surface area contributed by atoms with Crippen molar-refractivity contribution in [2.75, 3.05) is 19.8 Å². The highest BCUT2D eigenvalue weighted by Crippen LogP contribution is 2.12. The number of hydrogen-bond donors (Lipinski definition) is 1. The summed E-state index contributed by atoms with van der Waals surface area (Å²) >= 11 is 0. The van der Waals surface area contributed by atoms with Gasteiger partial charge in [0.15, 0.2) is 0 Å². The lowest BCUT2D eigenvalue weighted by molar-refractivity contribution is -0.147. The predicted octanol–water partition coefficient (Wildman–Crippen LogP) is 0.953. The molecule has 0 aliphatic carbocycles. The van der Waals surface area contributed by atoms with Crippen molar-refractivity contribution in [3.05, 3.63) is 0 Å². The number of rotatable bonds is 5. The first-order chi connectivity index (χ1) is 7.15. The Balaban J connectivity index is 2.21. The van der Waals surface area contributed by atoms with Crippen LogP contribution in [0.15, 0.2) is 0 Å². The molecule has 15 heavy (non-hydrogen) atoms. The Labute approximate surface area is 91.3 Å². The molecule has 1 saturated heterocycles. The first-order valence-corrected chi connectivity index (χ1v) is 5.66. The molecular weight excluding hydrogens is 194 g/mol. The SMILES string of the molecule is CCOC(=O)C(C)CNC1CCOC1C. The highest BCUT2D eigenvalue weighted by Gasteiger charge is 2.25. The lowest BCUT2D eigenvalue weighted by atomic mass is 10.1. The predicted molar refractivity (Wildman–Crippen MR) is 57.6 cm³/mol. The van der Waals surface area contributed by atoms with E-state index in [-0.39, 0.29) is 18.0 Å². The van der Waals surface area contributed by atoms with Crippen LogP contribution in [0.4, 0.5) is 0 Å². The van der Waals surface area contributed by atoms with Gasteiger partial charge in [0.2, 0.25) is 0 Å². The molecule has 0 aromatic rings. The summed E-state index contributed by atoms with van der Waals surface area (Å²) in [6, 6.07) is 0.377. The maximum atomic E-state index is 11.3. The van der Waals surface area contributed by atoms with Crippen molar-refractivity contribution in [1.29, 1.82) is 0 Å². The Morgan fingerprint density at radius 2 is 2.40 bits per heavy atom. The van der Waals surface area contributed by atoms with Crippen LogP contribution in [0.25, 0.3) is 0 Å². The van der Waals surface area contributed by atoms with E-state index >= 15 is 0 Å². The summed E-state index contributed by atoms with van der Waals surface area (Å²) in [6.07, 6.45) is 1.27. The molecule has 3 unspecified atom stereocenters. The molecule has 0 bridgehead atoms. The molecule has 0 amide bonds. The minimum atomic E-state index is -0.128. The fraction of sp³-hybridized carbons (Fsp3) is 0.909. The van der Waals surface area contributed by atoms with Crippen LogP contribution in [0.5, 0.6) is 0 Å². The summed E-state index contributed by atoms with van der Waals surface area (Å²) in [6.45, 7) is 7.69. The summed E-state index contributed by atoms with van der Waals surface area (Å²) in [5.74, 6) is -0.214. The molecule has 1 aliphatic heterocycles. The van der Waals surface area contributed by atoms with Crippen molar-refractivity contribution in [2.45, 2.75) is 39.3 Å². The van der Waals surface area contributed by atoms with Crippen LogP contribution in [0.3, 0.4) is 0 Å². The highest BCUT2D eigenvalue weighted by atomic mass is 16.5. The van der Waals surface area contributed by atoms with Crippen LogP contribution in [0, 0.1) is 5.92 Å². The van der Waals surface area contributed by atoms with E-state index in [2.05, 4.69) is 12.2 Å². The van der Waals surface area contributed by atoms with Crippen molar-refractivity contribution in [2.24, 2.45) is 5.92 Å². The Hall–Kier alpha value is -0.610. The second kappa shape index (κ2) is 6.08. The topological polar surface area (TPSA) is 47.6 Å². The quantitative estimate of drug-likeness (QED) is 0.694. The fourth-order valence-corrected chi connectivity index (χ4v) is 1.70. The lowest BCUT2D eigenvalue weighted by Gasteiger charge is -2.18. The molecule has 0 aromatic heterocycles. The van der Waals surface area contributed by atoms with Gasteiger partial charge in [-0.3, -0.25) is 4.79 Å². The van der Waals surface area contributed by atoms with Crippen LogP contribution < -0.4 is 5.32 Å². The molecule has 0 spiro atoms. The van der Waals surface area contributed by atoms with E-state index in [4.69, 9.17) is 9.47 Å². The van der Waals surface area contributed by atoms with Gasteiger partial charge in [-0.05, 0) is 20.3 Å². The maximum Gasteiger partial charge on any atom is 0.309 e. The molecule has 4 heteroatoms. The number of esters is 1.